The SMILES string of the molecule is CC1Cc2cc(N)cc(C=CC3CCC(F)(F)CC3)c2O1. The third kappa shape index (κ3) is 3.20. The van der Waals surface area contributed by atoms with E-state index in [1.54, 1.807) is 0 Å². The van der Waals surface area contributed by atoms with Gasteiger partial charge in [0.15, 0.2) is 0 Å². The first-order chi connectivity index (χ1) is 9.93. The van der Waals surface area contributed by atoms with Gasteiger partial charge in [-0.1, -0.05) is 12.2 Å². The summed E-state index contributed by atoms with van der Waals surface area (Å²) in [6.07, 6.45) is 6.14. The third-order valence-corrected chi connectivity index (χ3v) is 4.35. The van der Waals surface area contributed by atoms with Crippen LogP contribution in [0.4, 0.5) is 14.5 Å². The van der Waals surface area contributed by atoms with E-state index in [1.807, 2.05) is 31.2 Å². The number of alkyl halides is 2. The number of hydrogen-bond donors (Lipinski definition) is 1. The highest BCUT2D eigenvalue weighted by atomic mass is 19.3. The Bertz CT molecular complexity index is 558. The quantitative estimate of drug-likeness (QED) is 0.819. The van der Waals surface area contributed by atoms with Crippen LogP contribution in [-0.2, 0) is 6.42 Å². The van der Waals surface area contributed by atoms with Crippen molar-refractivity contribution in [2.24, 2.45) is 5.92 Å². The smallest absolute Gasteiger partial charge is 0.248 e. The van der Waals surface area contributed by atoms with Gasteiger partial charge in [0.1, 0.15) is 11.9 Å². The molecule has 1 unspecified atom stereocenters. The van der Waals surface area contributed by atoms with Crippen molar-refractivity contribution >= 4 is 11.8 Å². The van der Waals surface area contributed by atoms with Crippen LogP contribution in [0, 0.1) is 5.92 Å². The maximum absolute atomic E-state index is 13.2. The van der Waals surface area contributed by atoms with Gasteiger partial charge in [-0.25, -0.2) is 8.78 Å². The fourth-order valence-electron chi connectivity index (χ4n) is 3.21. The number of rotatable bonds is 2. The molecular formula is C17H21F2NO. The van der Waals surface area contributed by atoms with Gasteiger partial charge in [0.25, 0.3) is 0 Å². The lowest BCUT2D eigenvalue weighted by atomic mass is 9.86. The predicted octanol–water partition coefficient (Wildman–Crippen LogP) is 4.43. The minimum atomic E-state index is -2.47. The molecule has 0 spiro atoms. The van der Waals surface area contributed by atoms with Gasteiger partial charge in [0, 0.05) is 36.1 Å². The summed E-state index contributed by atoms with van der Waals surface area (Å²) in [5, 5.41) is 0. The van der Waals surface area contributed by atoms with Crippen LogP contribution < -0.4 is 10.5 Å². The summed E-state index contributed by atoms with van der Waals surface area (Å²) in [5.41, 5.74) is 8.76. The molecule has 1 heterocycles. The molecule has 1 aliphatic carbocycles. The molecule has 1 aliphatic heterocycles. The second-order valence-corrected chi connectivity index (χ2v) is 6.28. The van der Waals surface area contributed by atoms with E-state index in [0.29, 0.717) is 12.8 Å². The number of anilines is 1. The number of nitrogen functional groups attached to an aromatic ring is 1. The van der Waals surface area contributed by atoms with Crippen molar-refractivity contribution in [3.63, 3.8) is 0 Å². The number of hydrogen-bond acceptors (Lipinski definition) is 2. The Morgan fingerprint density at radius 1 is 1.29 bits per heavy atom. The lowest BCUT2D eigenvalue weighted by Gasteiger charge is -2.26. The molecule has 0 saturated heterocycles. The molecule has 114 valence electrons. The van der Waals surface area contributed by atoms with E-state index < -0.39 is 5.92 Å². The molecule has 0 aromatic heterocycles. The van der Waals surface area contributed by atoms with Gasteiger partial charge < -0.3 is 10.5 Å². The van der Waals surface area contributed by atoms with Crippen molar-refractivity contribution in [2.45, 2.75) is 51.1 Å². The Hall–Kier alpha value is -1.58. The molecule has 2 nitrogen and oxygen atoms in total. The standard InChI is InChI=1S/C17H21F2NO/c1-11-8-14-10-15(20)9-13(16(14)21-11)3-2-12-4-6-17(18,19)7-5-12/h2-3,9-12H,4-8,20H2,1H3. The van der Waals surface area contributed by atoms with Crippen LogP contribution in [0.5, 0.6) is 5.75 Å². The number of fused-ring (bicyclic) bond motifs is 1. The topological polar surface area (TPSA) is 35.2 Å². The van der Waals surface area contributed by atoms with Crippen LogP contribution in [0.2, 0.25) is 0 Å². The van der Waals surface area contributed by atoms with E-state index in [1.165, 1.54) is 0 Å². The zero-order chi connectivity index (χ0) is 15.0. The van der Waals surface area contributed by atoms with Gasteiger partial charge in [-0.05, 0) is 37.8 Å². The van der Waals surface area contributed by atoms with Gasteiger partial charge in [0.2, 0.25) is 5.92 Å². The first kappa shape index (κ1) is 14.4. The minimum Gasteiger partial charge on any atom is -0.489 e. The fourth-order valence-corrected chi connectivity index (χ4v) is 3.21. The van der Waals surface area contributed by atoms with Gasteiger partial charge in [-0.2, -0.15) is 0 Å². The maximum atomic E-state index is 13.2. The number of nitrogens with two attached hydrogens (primary N) is 1. The fraction of sp³-hybridized carbons (Fsp3) is 0.529. The lowest BCUT2D eigenvalue weighted by Crippen LogP contribution is -2.23. The number of benzene rings is 1. The van der Waals surface area contributed by atoms with Crippen LogP contribution >= 0.6 is 0 Å². The number of halogens is 2. The van der Waals surface area contributed by atoms with E-state index in [4.69, 9.17) is 10.5 Å². The summed E-state index contributed by atoms with van der Waals surface area (Å²) in [7, 11) is 0. The normalized spacial score (nSPS) is 25.0. The zero-order valence-electron chi connectivity index (χ0n) is 12.2. The largest absolute Gasteiger partial charge is 0.489 e. The summed E-state index contributed by atoms with van der Waals surface area (Å²) in [6, 6.07) is 3.85. The summed E-state index contributed by atoms with van der Waals surface area (Å²) in [6.45, 7) is 2.03. The van der Waals surface area contributed by atoms with Crippen LogP contribution in [0.1, 0.15) is 43.7 Å². The van der Waals surface area contributed by atoms with Gasteiger partial charge in [-0.15, -0.1) is 0 Å². The molecule has 1 fully saturated rings. The molecule has 1 atom stereocenters. The first-order valence-electron chi connectivity index (χ1n) is 7.58. The van der Waals surface area contributed by atoms with Crippen molar-refractivity contribution < 1.29 is 13.5 Å². The van der Waals surface area contributed by atoms with Crippen LogP contribution in [0.15, 0.2) is 18.2 Å². The molecule has 0 bridgehead atoms. The van der Waals surface area contributed by atoms with Crippen LogP contribution in [0.25, 0.3) is 6.08 Å². The zero-order valence-corrected chi connectivity index (χ0v) is 12.2. The first-order valence-corrected chi connectivity index (χ1v) is 7.58. The minimum absolute atomic E-state index is 0.00935. The van der Waals surface area contributed by atoms with Crippen molar-refractivity contribution in [3.8, 4) is 5.75 Å². The Morgan fingerprint density at radius 3 is 2.71 bits per heavy atom. The lowest BCUT2D eigenvalue weighted by molar-refractivity contribution is -0.0410. The van der Waals surface area contributed by atoms with E-state index in [9.17, 15) is 8.78 Å². The van der Waals surface area contributed by atoms with E-state index in [-0.39, 0.29) is 24.9 Å². The number of allylic oxidation sites excluding steroid dienone is 1. The Morgan fingerprint density at radius 2 is 2.00 bits per heavy atom. The summed E-state index contributed by atoms with van der Waals surface area (Å²) in [5.74, 6) is -1.35. The van der Waals surface area contributed by atoms with Crippen molar-refractivity contribution in [2.75, 3.05) is 5.73 Å². The van der Waals surface area contributed by atoms with Crippen LogP contribution in [0.3, 0.4) is 0 Å². The molecule has 0 radical (unpaired) electrons. The van der Waals surface area contributed by atoms with Gasteiger partial charge >= 0.3 is 0 Å². The highest BCUT2D eigenvalue weighted by Gasteiger charge is 2.34. The van der Waals surface area contributed by atoms with Crippen molar-refractivity contribution in [3.05, 3.63) is 29.3 Å². The van der Waals surface area contributed by atoms with Crippen molar-refractivity contribution in [1.82, 2.24) is 0 Å². The molecular weight excluding hydrogens is 272 g/mol. The molecule has 2 N–H and O–H groups in total. The van der Waals surface area contributed by atoms with E-state index >= 15 is 0 Å². The molecule has 3 rings (SSSR count). The molecule has 1 saturated carbocycles. The summed E-state index contributed by atoms with van der Waals surface area (Å²) < 4.78 is 32.2. The van der Waals surface area contributed by atoms with E-state index in [0.717, 1.165) is 29.0 Å². The molecule has 2 aliphatic rings. The predicted molar refractivity (Wildman–Crippen MR) is 80.6 cm³/mol. The number of ether oxygens (including phenoxy) is 1. The molecule has 1 aromatic rings. The third-order valence-electron chi connectivity index (χ3n) is 4.35. The molecule has 1 aromatic carbocycles. The Kier molecular flexibility index (Phi) is 3.64. The van der Waals surface area contributed by atoms with Crippen LogP contribution in [-0.4, -0.2) is 12.0 Å². The second kappa shape index (κ2) is 5.32. The molecule has 0 amide bonds. The monoisotopic (exact) mass is 293 g/mol. The molecule has 21 heavy (non-hydrogen) atoms. The average Bonchev–Trinajstić information content (AvgIpc) is 2.77. The summed E-state index contributed by atoms with van der Waals surface area (Å²) >= 11 is 0. The van der Waals surface area contributed by atoms with Gasteiger partial charge in [-0.3, -0.25) is 0 Å². The molecule has 4 heteroatoms. The highest BCUT2D eigenvalue weighted by Crippen LogP contribution is 2.38. The van der Waals surface area contributed by atoms with E-state index in [2.05, 4.69) is 0 Å². The Balaban J connectivity index is 1.75. The average molecular weight is 293 g/mol. The highest BCUT2D eigenvalue weighted by molar-refractivity contribution is 5.66. The van der Waals surface area contributed by atoms with Crippen molar-refractivity contribution in [1.29, 1.82) is 0 Å². The Labute approximate surface area is 124 Å². The summed E-state index contributed by atoms with van der Waals surface area (Å²) in [4.78, 5) is 0. The maximum Gasteiger partial charge on any atom is 0.248 e. The second-order valence-electron chi connectivity index (χ2n) is 6.28. The van der Waals surface area contributed by atoms with Gasteiger partial charge in [0.05, 0.1) is 0 Å².